The maximum atomic E-state index is 13.8. The van der Waals surface area contributed by atoms with Crippen molar-refractivity contribution in [2.24, 2.45) is 5.92 Å². The third kappa shape index (κ3) is 3.44. The Morgan fingerprint density at radius 2 is 1.86 bits per heavy atom. The smallest absolute Gasteiger partial charge is 0.224 e. The van der Waals surface area contributed by atoms with Gasteiger partial charge in [0.1, 0.15) is 10.7 Å². The summed E-state index contributed by atoms with van der Waals surface area (Å²) in [5.41, 5.74) is 0. The molecule has 0 radical (unpaired) electrons. The van der Waals surface area contributed by atoms with Crippen molar-refractivity contribution in [3.63, 3.8) is 0 Å². The van der Waals surface area contributed by atoms with Crippen molar-refractivity contribution < 1.29 is 21.2 Å². The summed E-state index contributed by atoms with van der Waals surface area (Å²) in [5.74, 6) is -0.645. The maximum Gasteiger partial charge on any atom is 0.245 e. The maximum absolute atomic E-state index is 13.8. The molecule has 0 atom stereocenters. The lowest BCUT2D eigenvalue weighted by Gasteiger charge is -2.29. The molecule has 8 heteroatoms. The van der Waals surface area contributed by atoms with E-state index in [-0.39, 0.29) is 4.90 Å². The first-order chi connectivity index (χ1) is 9.62. The van der Waals surface area contributed by atoms with Crippen LogP contribution in [0.2, 0.25) is 0 Å². The number of sulfonamides is 1. The Labute approximate surface area is 124 Å². The van der Waals surface area contributed by atoms with Gasteiger partial charge >= 0.3 is 0 Å². The first-order valence-corrected chi connectivity index (χ1v) is 9.91. The van der Waals surface area contributed by atoms with Gasteiger partial charge in [-0.2, -0.15) is 0 Å². The minimum Gasteiger partial charge on any atom is -0.224 e. The van der Waals surface area contributed by atoms with Crippen LogP contribution in [0.1, 0.15) is 19.3 Å². The molecule has 5 nitrogen and oxygen atoms in total. The third-order valence-corrected chi connectivity index (χ3v) is 6.71. The van der Waals surface area contributed by atoms with Crippen LogP contribution in [0, 0.1) is 11.7 Å². The molecule has 1 aliphatic rings. The lowest BCUT2D eigenvalue weighted by atomic mass is 9.86. The van der Waals surface area contributed by atoms with Gasteiger partial charge < -0.3 is 0 Å². The standard InChI is InChI=1S/C13H18FNO4S2/c1-15(9-10-4-3-5-10)21(18,19)13-8-11(20(2,16)17)6-7-12(13)14/h6-8,10H,3-5,9H2,1-2H3. The van der Waals surface area contributed by atoms with Crippen molar-refractivity contribution in [1.82, 2.24) is 4.31 Å². The van der Waals surface area contributed by atoms with Crippen molar-refractivity contribution >= 4 is 19.9 Å². The van der Waals surface area contributed by atoms with Crippen LogP contribution >= 0.6 is 0 Å². The Kier molecular flexibility index (Phi) is 4.41. The molecule has 118 valence electrons. The summed E-state index contributed by atoms with van der Waals surface area (Å²) < 4.78 is 62.7. The summed E-state index contributed by atoms with van der Waals surface area (Å²) in [4.78, 5) is -0.799. The summed E-state index contributed by atoms with van der Waals surface area (Å²) in [6, 6.07) is 2.83. The van der Waals surface area contributed by atoms with Crippen LogP contribution in [-0.4, -0.2) is 41.0 Å². The minimum absolute atomic E-state index is 0.209. The molecule has 0 spiro atoms. The monoisotopic (exact) mass is 335 g/mol. The highest BCUT2D eigenvalue weighted by Crippen LogP contribution is 2.29. The molecule has 0 N–H and O–H groups in total. The first-order valence-electron chi connectivity index (χ1n) is 6.58. The number of rotatable bonds is 5. The van der Waals surface area contributed by atoms with Gasteiger partial charge in [-0.15, -0.1) is 0 Å². The summed E-state index contributed by atoms with van der Waals surface area (Å²) in [6.07, 6.45) is 3.96. The van der Waals surface area contributed by atoms with Crippen LogP contribution in [-0.2, 0) is 19.9 Å². The van der Waals surface area contributed by atoms with E-state index in [0.29, 0.717) is 12.5 Å². The molecule has 2 rings (SSSR count). The molecule has 0 aromatic heterocycles. The van der Waals surface area contributed by atoms with Crippen LogP contribution < -0.4 is 0 Å². The fourth-order valence-electron chi connectivity index (χ4n) is 2.22. The number of benzene rings is 1. The second-order valence-electron chi connectivity index (χ2n) is 5.45. The van der Waals surface area contributed by atoms with E-state index < -0.39 is 30.6 Å². The fraction of sp³-hybridized carbons (Fsp3) is 0.538. The van der Waals surface area contributed by atoms with E-state index in [1.54, 1.807) is 0 Å². The SMILES string of the molecule is CN(CC1CCC1)S(=O)(=O)c1cc(S(C)(=O)=O)ccc1F. The zero-order valence-electron chi connectivity index (χ0n) is 11.9. The van der Waals surface area contributed by atoms with Gasteiger partial charge in [0.25, 0.3) is 0 Å². The van der Waals surface area contributed by atoms with Crippen LogP contribution in [0.4, 0.5) is 4.39 Å². The van der Waals surface area contributed by atoms with Crippen molar-refractivity contribution in [3.05, 3.63) is 24.0 Å². The zero-order chi connectivity index (χ0) is 15.8. The van der Waals surface area contributed by atoms with E-state index in [4.69, 9.17) is 0 Å². The molecule has 1 aromatic rings. The lowest BCUT2D eigenvalue weighted by molar-refractivity contribution is 0.262. The largest absolute Gasteiger partial charge is 0.245 e. The van der Waals surface area contributed by atoms with Crippen LogP contribution in [0.3, 0.4) is 0 Å². The highest BCUT2D eigenvalue weighted by molar-refractivity contribution is 7.91. The quantitative estimate of drug-likeness (QED) is 0.767. The minimum atomic E-state index is -4.03. The molecular weight excluding hydrogens is 317 g/mol. The molecule has 0 amide bonds. The Bertz CT molecular complexity index is 739. The van der Waals surface area contributed by atoms with Gasteiger partial charge in [-0.3, -0.25) is 0 Å². The normalized spacial score (nSPS) is 17.0. The van der Waals surface area contributed by atoms with Crippen molar-refractivity contribution in [2.45, 2.75) is 29.1 Å². The molecule has 1 fully saturated rings. The third-order valence-electron chi connectivity index (χ3n) is 3.76. The predicted octanol–water partition coefficient (Wildman–Crippen LogP) is 1.65. The Balaban J connectivity index is 2.38. The van der Waals surface area contributed by atoms with Crippen LogP contribution in [0.15, 0.2) is 28.0 Å². The highest BCUT2D eigenvalue weighted by atomic mass is 32.2. The van der Waals surface area contributed by atoms with E-state index in [1.165, 1.54) is 7.05 Å². The number of sulfone groups is 1. The number of nitrogens with zero attached hydrogens (tertiary/aromatic N) is 1. The summed E-state index contributed by atoms with van der Waals surface area (Å²) in [5, 5.41) is 0. The molecule has 0 heterocycles. The second kappa shape index (κ2) is 5.66. The van der Waals surface area contributed by atoms with E-state index >= 15 is 0 Å². The Morgan fingerprint density at radius 1 is 1.24 bits per heavy atom. The van der Waals surface area contributed by atoms with Crippen LogP contribution in [0.5, 0.6) is 0 Å². The fourth-order valence-corrected chi connectivity index (χ4v) is 4.27. The summed E-state index contributed by atoms with van der Waals surface area (Å²) in [7, 11) is -6.23. The first kappa shape index (κ1) is 16.4. The molecular formula is C13H18FNO4S2. The molecule has 0 saturated heterocycles. The average molecular weight is 335 g/mol. The number of halogens is 1. The van der Waals surface area contributed by atoms with Gasteiger partial charge in [0.15, 0.2) is 9.84 Å². The average Bonchev–Trinajstić information content (AvgIpc) is 2.32. The van der Waals surface area contributed by atoms with Gasteiger partial charge in [-0.05, 0) is 37.0 Å². The predicted molar refractivity (Wildman–Crippen MR) is 76.7 cm³/mol. The summed E-state index contributed by atoms with van der Waals surface area (Å²) >= 11 is 0. The number of hydrogen-bond acceptors (Lipinski definition) is 4. The topological polar surface area (TPSA) is 71.5 Å². The molecule has 0 unspecified atom stereocenters. The van der Waals surface area contributed by atoms with Gasteiger partial charge in [-0.25, -0.2) is 25.5 Å². The summed E-state index contributed by atoms with van der Waals surface area (Å²) in [6.45, 7) is 0.324. The lowest BCUT2D eigenvalue weighted by Crippen LogP contribution is -2.34. The second-order valence-corrected chi connectivity index (χ2v) is 9.48. The van der Waals surface area contributed by atoms with Gasteiger partial charge in [0, 0.05) is 19.8 Å². The molecule has 21 heavy (non-hydrogen) atoms. The molecule has 0 bridgehead atoms. The highest BCUT2D eigenvalue weighted by Gasteiger charge is 2.29. The van der Waals surface area contributed by atoms with Gasteiger partial charge in [0.2, 0.25) is 10.0 Å². The van der Waals surface area contributed by atoms with E-state index in [0.717, 1.165) is 48.0 Å². The van der Waals surface area contributed by atoms with Crippen molar-refractivity contribution in [3.8, 4) is 0 Å². The molecule has 0 aliphatic heterocycles. The zero-order valence-corrected chi connectivity index (χ0v) is 13.5. The van der Waals surface area contributed by atoms with E-state index in [9.17, 15) is 21.2 Å². The van der Waals surface area contributed by atoms with E-state index in [2.05, 4.69) is 0 Å². The number of hydrogen-bond donors (Lipinski definition) is 0. The Hall–Kier alpha value is -0.990. The van der Waals surface area contributed by atoms with Crippen molar-refractivity contribution in [1.29, 1.82) is 0 Å². The molecule has 1 saturated carbocycles. The van der Waals surface area contributed by atoms with Crippen LogP contribution in [0.25, 0.3) is 0 Å². The molecule has 1 aliphatic carbocycles. The van der Waals surface area contributed by atoms with E-state index in [1.807, 2.05) is 0 Å². The van der Waals surface area contributed by atoms with Crippen molar-refractivity contribution in [2.75, 3.05) is 19.8 Å². The van der Waals surface area contributed by atoms with Gasteiger partial charge in [-0.1, -0.05) is 6.42 Å². The molecule has 1 aromatic carbocycles. The Morgan fingerprint density at radius 3 is 2.33 bits per heavy atom. The van der Waals surface area contributed by atoms with Gasteiger partial charge in [0.05, 0.1) is 4.90 Å².